The average molecular weight is 358 g/mol. The van der Waals surface area contributed by atoms with E-state index in [0.717, 1.165) is 47.5 Å². The maximum atomic E-state index is 12.4. The minimum absolute atomic E-state index is 0.118. The maximum Gasteiger partial charge on any atom is 0.230 e. The number of benzene rings is 2. The fourth-order valence-electron chi connectivity index (χ4n) is 3.64. The molecule has 0 atom stereocenters. The lowest BCUT2D eigenvalue weighted by molar-refractivity contribution is -0.115. The second kappa shape index (κ2) is 6.39. The van der Waals surface area contributed by atoms with Crippen molar-refractivity contribution in [2.75, 3.05) is 5.32 Å². The first kappa shape index (κ1) is 15.8. The Morgan fingerprint density at radius 2 is 2.00 bits per heavy atom. The Hall–Kier alpha value is -3.41. The molecule has 0 saturated carbocycles. The van der Waals surface area contributed by atoms with Crippen LogP contribution in [0.5, 0.6) is 0 Å². The number of aryl methyl sites for hydroxylation is 1. The monoisotopic (exact) mass is 358 g/mol. The summed E-state index contributed by atoms with van der Waals surface area (Å²) >= 11 is 0. The zero-order chi connectivity index (χ0) is 18.2. The van der Waals surface area contributed by atoms with E-state index in [1.165, 1.54) is 0 Å². The van der Waals surface area contributed by atoms with Crippen LogP contribution in [0.1, 0.15) is 17.9 Å². The summed E-state index contributed by atoms with van der Waals surface area (Å²) in [6.45, 7) is 1.02. The number of carbonyl (C=O) groups excluding carboxylic acids is 1. The predicted molar refractivity (Wildman–Crippen MR) is 102 cm³/mol. The van der Waals surface area contributed by atoms with Crippen LogP contribution in [-0.2, 0) is 24.2 Å². The molecule has 2 aromatic heterocycles. The van der Waals surface area contributed by atoms with E-state index in [4.69, 9.17) is 4.52 Å². The molecule has 0 aliphatic carbocycles. The summed E-state index contributed by atoms with van der Waals surface area (Å²) in [6.07, 6.45) is 4.30. The second-order valence-corrected chi connectivity index (χ2v) is 6.74. The summed E-state index contributed by atoms with van der Waals surface area (Å²) in [7, 11) is 0. The number of nitrogens with one attached hydrogen (secondary N) is 1. The van der Waals surface area contributed by atoms with E-state index in [9.17, 15) is 4.79 Å². The molecule has 0 bridgehead atoms. The van der Waals surface area contributed by atoms with Gasteiger partial charge in [0.1, 0.15) is 11.5 Å². The van der Waals surface area contributed by atoms with Crippen molar-refractivity contribution < 1.29 is 9.32 Å². The van der Waals surface area contributed by atoms with Crippen LogP contribution < -0.4 is 5.32 Å². The van der Waals surface area contributed by atoms with Gasteiger partial charge in [0.05, 0.1) is 18.3 Å². The molecule has 6 heteroatoms. The van der Waals surface area contributed by atoms with Gasteiger partial charge in [-0.25, -0.2) is 4.98 Å². The Morgan fingerprint density at radius 1 is 1.15 bits per heavy atom. The van der Waals surface area contributed by atoms with Gasteiger partial charge >= 0.3 is 0 Å². The molecule has 1 aliphatic heterocycles. The van der Waals surface area contributed by atoms with E-state index in [2.05, 4.69) is 20.0 Å². The number of nitrogens with zero attached hydrogens (tertiary/aromatic N) is 3. The van der Waals surface area contributed by atoms with E-state index in [1.807, 2.05) is 54.7 Å². The summed E-state index contributed by atoms with van der Waals surface area (Å²) in [5.74, 6) is 1.04. The number of para-hydroxylation sites is 1. The Kier molecular flexibility index (Phi) is 3.74. The number of fused-ring (bicyclic) bond motifs is 2. The summed E-state index contributed by atoms with van der Waals surface area (Å²) < 4.78 is 7.52. The molecule has 27 heavy (non-hydrogen) atoms. The maximum absolute atomic E-state index is 12.4. The van der Waals surface area contributed by atoms with Crippen molar-refractivity contribution in [1.82, 2.24) is 14.7 Å². The number of aromatic nitrogens is 3. The largest absolute Gasteiger partial charge is 0.356 e. The molecule has 0 radical (unpaired) electrons. The molecular weight excluding hydrogens is 340 g/mol. The Bertz CT molecular complexity index is 1120. The van der Waals surface area contributed by atoms with Crippen molar-refractivity contribution in [1.29, 1.82) is 0 Å². The fraction of sp³-hybridized carbons (Fsp3) is 0.190. The number of imidazole rings is 1. The quantitative estimate of drug-likeness (QED) is 0.602. The highest BCUT2D eigenvalue weighted by Crippen LogP contribution is 2.26. The zero-order valence-electron chi connectivity index (χ0n) is 14.7. The number of hydrogen-bond acceptors (Lipinski definition) is 4. The van der Waals surface area contributed by atoms with Crippen LogP contribution in [0.2, 0.25) is 0 Å². The molecule has 2 aromatic carbocycles. The molecule has 4 aromatic rings. The molecule has 0 fully saturated rings. The third-order valence-electron chi connectivity index (χ3n) is 4.96. The SMILES string of the molecule is O=C(Cc1noc2ccccc12)Nc1ccc(-c2cnc3n2CCC3)cc1. The van der Waals surface area contributed by atoms with Crippen LogP contribution in [0.4, 0.5) is 5.69 Å². The van der Waals surface area contributed by atoms with Crippen LogP contribution in [-0.4, -0.2) is 20.6 Å². The van der Waals surface area contributed by atoms with E-state index < -0.39 is 0 Å². The molecule has 5 rings (SSSR count). The van der Waals surface area contributed by atoms with Gasteiger partial charge in [-0.1, -0.05) is 29.4 Å². The Balaban J connectivity index is 1.30. The van der Waals surface area contributed by atoms with Gasteiger partial charge in [-0.3, -0.25) is 4.79 Å². The molecular formula is C21H18N4O2. The molecule has 1 aliphatic rings. The standard InChI is InChI=1S/C21H18N4O2/c26-21(12-17-16-4-1-2-5-19(16)27-24-17)23-15-9-7-14(8-10-15)18-13-22-20-6-3-11-25(18)20/h1-2,4-5,7-10,13H,3,6,11-12H2,(H,23,26). The van der Waals surface area contributed by atoms with Crippen molar-refractivity contribution in [3.8, 4) is 11.3 Å². The molecule has 3 heterocycles. The van der Waals surface area contributed by atoms with Gasteiger partial charge < -0.3 is 14.4 Å². The lowest BCUT2D eigenvalue weighted by atomic mass is 10.1. The fourth-order valence-corrected chi connectivity index (χ4v) is 3.64. The van der Waals surface area contributed by atoms with E-state index in [1.54, 1.807) is 0 Å². The minimum Gasteiger partial charge on any atom is -0.356 e. The third kappa shape index (κ3) is 2.89. The van der Waals surface area contributed by atoms with E-state index in [0.29, 0.717) is 11.3 Å². The van der Waals surface area contributed by atoms with Crippen molar-refractivity contribution in [3.63, 3.8) is 0 Å². The van der Waals surface area contributed by atoms with Crippen LogP contribution in [0.25, 0.3) is 22.2 Å². The van der Waals surface area contributed by atoms with E-state index in [-0.39, 0.29) is 12.3 Å². The topological polar surface area (TPSA) is 73.0 Å². The average Bonchev–Trinajstić information content (AvgIpc) is 3.39. The highest BCUT2D eigenvalue weighted by molar-refractivity contribution is 5.94. The van der Waals surface area contributed by atoms with Crippen molar-refractivity contribution in [3.05, 3.63) is 66.2 Å². The van der Waals surface area contributed by atoms with Crippen molar-refractivity contribution in [2.24, 2.45) is 0 Å². The second-order valence-electron chi connectivity index (χ2n) is 6.74. The summed E-state index contributed by atoms with van der Waals surface area (Å²) in [5, 5.41) is 7.81. The van der Waals surface area contributed by atoms with Gasteiger partial charge in [-0.05, 0) is 36.2 Å². The number of amides is 1. The minimum atomic E-state index is -0.118. The van der Waals surface area contributed by atoms with Gasteiger partial charge in [-0.15, -0.1) is 0 Å². The van der Waals surface area contributed by atoms with Gasteiger partial charge in [0, 0.05) is 24.0 Å². The first-order chi connectivity index (χ1) is 13.3. The third-order valence-corrected chi connectivity index (χ3v) is 4.96. The number of anilines is 1. The van der Waals surface area contributed by atoms with Gasteiger partial charge in [0.25, 0.3) is 0 Å². The molecule has 0 spiro atoms. The van der Waals surface area contributed by atoms with Gasteiger partial charge in [-0.2, -0.15) is 0 Å². The smallest absolute Gasteiger partial charge is 0.230 e. The van der Waals surface area contributed by atoms with Crippen LogP contribution in [0, 0.1) is 0 Å². The van der Waals surface area contributed by atoms with Gasteiger partial charge in [0.15, 0.2) is 5.58 Å². The molecule has 1 amide bonds. The number of rotatable bonds is 4. The Morgan fingerprint density at radius 3 is 2.89 bits per heavy atom. The first-order valence-corrected chi connectivity index (χ1v) is 9.06. The molecule has 6 nitrogen and oxygen atoms in total. The summed E-state index contributed by atoms with van der Waals surface area (Å²) in [5.41, 5.74) is 4.34. The van der Waals surface area contributed by atoms with Crippen LogP contribution in [0.15, 0.2) is 59.3 Å². The highest BCUT2D eigenvalue weighted by atomic mass is 16.5. The normalized spacial score (nSPS) is 13.0. The predicted octanol–water partition coefficient (Wildman–Crippen LogP) is 3.82. The van der Waals surface area contributed by atoms with Crippen molar-refractivity contribution >= 4 is 22.6 Å². The van der Waals surface area contributed by atoms with Crippen molar-refractivity contribution in [2.45, 2.75) is 25.8 Å². The van der Waals surface area contributed by atoms with Crippen LogP contribution >= 0.6 is 0 Å². The molecule has 1 N–H and O–H groups in total. The summed E-state index contributed by atoms with van der Waals surface area (Å²) in [4.78, 5) is 16.9. The number of hydrogen-bond donors (Lipinski definition) is 1. The number of carbonyl (C=O) groups is 1. The highest BCUT2D eigenvalue weighted by Gasteiger charge is 2.17. The lowest BCUT2D eigenvalue weighted by Crippen LogP contribution is -2.14. The molecule has 134 valence electrons. The van der Waals surface area contributed by atoms with Crippen LogP contribution in [0.3, 0.4) is 0 Å². The Labute approximate surface area is 155 Å². The molecule has 0 saturated heterocycles. The molecule has 0 unspecified atom stereocenters. The van der Waals surface area contributed by atoms with Gasteiger partial charge in [0.2, 0.25) is 5.91 Å². The lowest BCUT2D eigenvalue weighted by Gasteiger charge is -2.07. The zero-order valence-corrected chi connectivity index (χ0v) is 14.7. The summed E-state index contributed by atoms with van der Waals surface area (Å²) in [6, 6.07) is 15.4. The van der Waals surface area contributed by atoms with E-state index >= 15 is 0 Å². The first-order valence-electron chi connectivity index (χ1n) is 9.06.